The van der Waals surface area contributed by atoms with Crippen LogP contribution >= 0.6 is 12.6 Å². The van der Waals surface area contributed by atoms with Crippen molar-refractivity contribution in [3.8, 4) is 0 Å². The van der Waals surface area contributed by atoms with Crippen molar-refractivity contribution in [2.75, 3.05) is 12.3 Å². The van der Waals surface area contributed by atoms with Crippen LogP contribution in [0, 0.1) is 46.3 Å². The number of allylic oxidation sites excluding steroid dienone is 1. The van der Waals surface area contributed by atoms with Crippen molar-refractivity contribution in [1.29, 1.82) is 0 Å². The van der Waals surface area contributed by atoms with Crippen molar-refractivity contribution in [3.05, 3.63) is 12.3 Å². The van der Waals surface area contributed by atoms with Gasteiger partial charge in [-0.15, -0.1) is 0 Å². The van der Waals surface area contributed by atoms with E-state index >= 15 is 0 Å². The molecule has 4 aliphatic carbocycles. The Morgan fingerprint density at radius 2 is 1.71 bits per heavy atom. The molecule has 8 unspecified atom stereocenters. The van der Waals surface area contributed by atoms with Crippen molar-refractivity contribution in [2.24, 2.45) is 46.3 Å². The predicted octanol–water partition coefficient (Wildman–Crippen LogP) is 8.51. The monoisotopic (exact) mass is 447 g/mol. The Labute approximate surface area is 200 Å². The Bertz CT molecular complexity index is 587. The quantitative estimate of drug-likeness (QED) is 0.373. The lowest BCUT2D eigenvalue weighted by atomic mass is 9.44. The van der Waals surface area contributed by atoms with Gasteiger partial charge in [-0.2, -0.15) is 12.6 Å². The first kappa shape index (κ1) is 25.5. The number of hydrogen-bond donors (Lipinski definition) is 2. The van der Waals surface area contributed by atoms with Gasteiger partial charge in [0.15, 0.2) is 0 Å². The minimum Gasteiger partial charge on any atom is -0.388 e. The molecule has 8 atom stereocenters. The summed E-state index contributed by atoms with van der Waals surface area (Å²) in [4.78, 5) is 0. The first-order valence-electron chi connectivity index (χ1n) is 13.9. The smallest absolute Gasteiger partial charge is 0.0232 e. The highest BCUT2D eigenvalue weighted by Gasteiger charge is 2.60. The molecule has 0 heterocycles. The van der Waals surface area contributed by atoms with Crippen molar-refractivity contribution in [2.45, 2.75) is 112 Å². The average Bonchev–Trinajstić information content (AvgIpc) is 3.14. The number of nitrogens with one attached hydrogen (secondary N) is 1. The van der Waals surface area contributed by atoms with Gasteiger partial charge in [-0.25, -0.2) is 0 Å². The van der Waals surface area contributed by atoms with Gasteiger partial charge in [-0.05, 0) is 111 Å². The average molecular weight is 448 g/mol. The largest absolute Gasteiger partial charge is 0.388 e. The van der Waals surface area contributed by atoms with Crippen LogP contribution in [0.1, 0.15) is 112 Å². The predicted molar refractivity (Wildman–Crippen MR) is 141 cm³/mol. The molecule has 0 saturated heterocycles. The molecular formula is C29H53NS. The van der Waals surface area contributed by atoms with Gasteiger partial charge < -0.3 is 5.32 Å². The standard InChI is InChI=1S/C27H47NS.C2H6/c1-19(8-9-20(2)28-17-18-29)23-12-13-24-22-11-10-21-7-5-6-15-26(21,3)25(22)14-16-27(23,24)4;1-2/h19,21-25,28-29H,2,5-18H2,1,3-4H3;1-2H3. The zero-order valence-electron chi connectivity index (χ0n) is 21.5. The molecule has 0 bridgehead atoms. The summed E-state index contributed by atoms with van der Waals surface area (Å²) in [6.45, 7) is 17.2. The fraction of sp³-hybridized carbons (Fsp3) is 0.931. The lowest BCUT2D eigenvalue weighted by molar-refractivity contribution is -0.114. The summed E-state index contributed by atoms with van der Waals surface area (Å²) in [7, 11) is 0. The third-order valence-electron chi connectivity index (χ3n) is 10.7. The SMILES string of the molecule is C=C(CCC(C)C1CCC2C3CCC4CCCCC4(C)C3CCC12C)NCCS.CC. The summed E-state index contributed by atoms with van der Waals surface area (Å²) in [5, 5.41) is 3.44. The van der Waals surface area contributed by atoms with Gasteiger partial charge in [0.2, 0.25) is 0 Å². The third-order valence-corrected chi connectivity index (χ3v) is 11.0. The van der Waals surface area contributed by atoms with Crippen molar-refractivity contribution >= 4 is 12.6 Å². The van der Waals surface area contributed by atoms with Crippen LogP contribution < -0.4 is 5.32 Å². The number of fused-ring (bicyclic) bond motifs is 5. The van der Waals surface area contributed by atoms with Crippen molar-refractivity contribution in [3.63, 3.8) is 0 Å². The maximum atomic E-state index is 4.31. The summed E-state index contributed by atoms with van der Waals surface area (Å²) >= 11 is 4.31. The lowest BCUT2D eigenvalue weighted by Gasteiger charge is -2.61. The molecule has 0 aromatic rings. The van der Waals surface area contributed by atoms with Gasteiger partial charge in [0.1, 0.15) is 0 Å². The van der Waals surface area contributed by atoms with Gasteiger partial charge in [0.25, 0.3) is 0 Å². The normalized spacial score (nSPS) is 42.3. The van der Waals surface area contributed by atoms with E-state index in [0.29, 0.717) is 10.8 Å². The molecule has 4 fully saturated rings. The van der Waals surface area contributed by atoms with E-state index in [1.54, 1.807) is 12.8 Å². The lowest BCUT2D eigenvalue weighted by Crippen LogP contribution is -2.53. The van der Waals surface area contributed by atoms with E-state index in [1.807, 2.05) is 13.8 Å². The molecular weight excluding hydrogens is 394 g/mol. The summed E-state index contributed by atoms with van der Waals surface area (Å²) in [6.07, 6.45) is 17.7. The second kappa shape index (κ2) is 10.9. The Kier molecular flexibility index (Phi) is 8.95. The number of rotatable bonds is 7. The molecule has 0 amide bonds. The van der Waals surface area contributed by atoms with Gasteiger partial charge in [-0.3, -0.25) is 0 Å². The maximum Gasteiger partial charge on any atom is 0.0232 e. The van der Waals surface area contributed by atoms with Gasteiger partial charge in [-0.1, -0.05) is 54.0 Å². The molecule has 31 heavy (non-hydrogen) atoms. The third kappa shape index (κ3) is 4.90. The molecule has 1 nitrogen and oxygen atoms in total. The van der Waals surface area contributed by atoms with E-state index in [9.17, 15) is 0 Å². The molecule has 1 N–H and O–H groups in total. The minimum atomic E-state index is 0.609. The summed E-state index contributed by atoms with van der Waals surface area (Å²) in [6, 6.07) is 0. The van der Waals surface area contributed by atoms with Crippen molar-refractivity contribution < 1.29 is 0 Å². The van der Waals surface area contributed by atoms with E-state index in [1.165, 1.54) is 63.5 Å². The Hall–Kier alpha value is -0.110. The first-order chi connectivity index (χ1) is 14.9. The Morgan fingerprint density at radius 1 is 0.968 bits per heavy atom. The highest BCUT2D eigenvalue weighted by Crippen LogP contribution is 2.68. The number of hydrogen-bond acceptors (Lipinski definition) is 2. The summed E-state index contributed by atoms with van der Waals surface area (Å²) in [5.74, 6) is 6.80. The van der Waals surface area contributed by atoms with Crippen LogP contribution in [-0.4, -0.2) is 12.3 Å². The first-order valence-corrected chi connectivity index (χ1v) is 14.6. The van der Waals surface area contributed by atoms with Gasteiger partial charge in [0, 0.05) is 18.0 Å². The van der Waals surface area contributed by atoms with Crippen LogP contribution in [0.5, 0.6) is 0 Å². The fourth-order valence-electron chi connectivity index (χ4n) is 9.19. The van der Waals surface area contributed by atoms with E-state index in [-0.39, 0.29) is 0 Å². The number of thiol groups is 1. The van der Waals surface area contributed by atoms with Crippen LogP contribution in [0.3, 0.4) is 0 Å². The van der Waals surface area contributed by atoms with Gasteiger partial charge in [0.05, 0.1) is 0 Å². The molecule has 0 radical (unpaired) electrons. The van der Waals surface area contributed by atoms with Crippen LogP contribution in [0.25, 0.3) is 0 Å². The highest BCUT2D eigenvalue weighted by atomic mass is 32.1. The molecule has 4 rings (SSSR count). The van der Waals surface area contributed by atoms with Crippen LogP contribution in [0.15, 0.2) is 12.3 Å². The van der Waals surface area contributed by atoms with E-state index in [4.69, 9.17) is 0 Å². The van der Waals surface area contributed by atoms with Crippen molar-refractivity contribution in [1.82, 2.24) is 5.32 Å². The van der Waals surface area contributed by atoms with Gasteiger partial charge >= 0.3 is 0 Å². The van der Waals surface area contributed by atoms with Crippen LogP contribution in [-0.2, 0) is 0 Å². The second-order valence-electron chi connectivity index (χ2n) is 11.9. The Balaban J connectivity index is 0.00000132. The molecule has 0 spiro atoms. The van der Waals surface area contributed by atoms with E-state index in [0.717, 1.165) is 54.2 Å². The second-order valence-corrected chi connectivity index (χ2v) is 12.3. The topological polar surface area (TPSA) is 12.0 Å². The van der Waals surface area contributed by atoms with E-state index < -0.39 is 0 Å². The zero-order valence-corrected chi connectivity index (χ0v) is 22.4. The summed E-state index contributed by atoms with van der Waals surface area (Å²) in [5.41, 5.74) is 2.51. The zero-order chi connectivity index (χ0) is 22.6. The summed E-state index contributed by atoms with van der Waals surface area (Å²) < 4.78 is 0. The maximum absolute atomic E-state index is 4.31. The van der Waals surface area contributed by atoms with Crippen LogP contribution in [0.2, 0.25) is 0 Å². The minimum absolute atomic E-state index is 0.609. The molecule has 0 aromatic carbocycles. The Morgan fingerprint density at radius 3 is 2.45 bits per heavy atom. The van der Waals surface area contributed by atoms with Crippen LogP contribution in [0.4, 0.5) is 0 Å². The fourth-order valence-corrected chi connectivity index (χ4v) is 9.31. The molecule has 0 aliphatic heterocycles. The molecule has 4 saturated carbocycles. The van der Waals surface area contributed by atoms with E-state index in [2.05, 4.69) is 45.3 Å². The molecule has 4 aliphatic rings. The highest BCUT2D eigenvalue weighted by molar-refractivity contribution is 7.80. The molecule has 180 valence electrons. The molecule has 0 aromatic heterocycles. The molecule has 2 heteroatoms.